The van der Waals surface area contributed by atoms with Gasteiger partial charge in [-0.1, -0.05) is 30.3 Å². The molecule has 7 N–H and O–H groups in total. The molecule has 11 nitrogen and oxygen atoms in total. The van der Waals surface area contributed by atoms with Crippen molar-refractivity contribution in [2.45, 2.75) is 37.3 Å². The Balaban J connectivity index is 1.18. The van der Waals surface area contributed by atoms with Gasteiger partial charge in [-0.15, -0.1) is 0 Å². The van der Waals surface area contributed by atoms with Crippen molar-refractivity contribution in [2.24, 2.45) is 5.73 Å². The van der Waals surface area contributed by atoms with Gasteiger partial charge in [0.05, 0.1) is 30.3 Å². The van der Waals surface area contributed by atoms with E-state index in [0.717, 1.165) is 52.2 Å². The van der Waals surface area contributed by atoms with E-state index in [9.17, 15) is 10.2 Å². The molecule has 0 unspecified atom stereocenters. The Morgan fingerprint density at radius 2 is 1.70 bits per heavy atom. The average Bonchev–Trinajstić information content (AvgIpc) is 3.17. The number of aliphatic hydroxyl groups excluding tert-OH is 2. The number of anilines is 2. The molecule has 3 heterocycles. The fraction of sp³-hybridized carbons (Fsp3) is 0.615. The zero-order valence-electron chi connectivity index (χ0n) is 21.7. The third kappa shape index (κ3) is 7.57. The highest BCUT2D eigenvalue weighted by molar-refractivity contribution is 5.64. The summed E-state index contributed by atoms with van der Waals surface area (Å²) in [7, 11) is 2.03. The second-order valence-corrected chi connectivity index (χ2v) is 10.0. The van der Waals surface area contributed by atoms with Crippen molar-refractivity contribution in [3.63, 3.8) is 0 Å². The fourth-order valence-corrected chi connectivity index (χ4v) is 5.10. The van der Waals surface area contributed by atoms with Gasteiger partial charge in [0.15, 0.2) is 5.82 Å². The number of aliphatic hydroxyl groups is 2. The van der Waals surface area contributed by atoms with E-state index in [4.69, 9.17) is 16.2 Å². The first-order valence-electron chi connectivity index (χ1n) is 13.2. The molecule has 1 aromatic heterocycles. The number of nitrogens with zero attached hydrogens (tertiary/aromatic N) is 5. The predicted octanol–water partition coefficient (Wildman–Crippen LogP) is -0.789. The number of likely N-dealkylation sites (N-methyl/N-ethyl adjacent to an activating group) is 1. The quantitative estimate of drug-likeness (QED) is 0.227. The van der Waals surface area contributed by atoms with E-state index in [2.05, 4.69) is 60.3 Å². The molecule has 2 aliphatic heterocycles. The van der Waals surface area contributed by atoms with E-state index in [1.54, 1.807) is 0 Å². The molecule has 2 aliphatic rings. The van der Waals surface area contributed by atoms with Gasteiger partial charge in [0, 0.05) is 58.8 Å². The number of benzene rings is 1. The minimum Gasteiger partial charge on any atom is -0.388 e. The van der Waals surface area contributed by atoms with Gasteiger partial charge < -0.3 is 41.5 Å². The minimum absolute atomic E-state index is 0.178. The van der Waals surface area contributed by atoms with Crippen LogP contribution in [0.5, 0.6) is 0 Å². The molecule has 11 heteroatoms. The molecule has 204 valence electrons. The lowest BCUT2D eigenvalue weighted by Gasteiger charge is -2.35. The second-order valence-electron chi connectivity index (χ2n) is 10.0. The molecule has 4 rings (SSSR count). The number of piperazine rings is 1. The third-order valence-electron chi connectivity index (χ3n) is 7.40. The Kier molecular flexibility index (Phi) is 10.0. The lowest BCUT2D eigenvalue weighted by Crippen LogP contribution is -2.49. The molecular weight excluding hydrogens is 472 g/mol. The molecule has 4 atom stereocenters. The summed E-state index contributed by atoms with van der Waals surface area (Å²) in [4.78, 5) is 15.5. The number of rotatable bonds is 12. The number of nitrogen functional groups attached to an aromatic ring is 1. The zero-order valence-corrected chi connectivity index (χ0v) is 21.7. The normalized spacial score (nSPS) is 25.1. The van der Waals surface area contributed by atoms with Crippen molar-refractivity contribution < 1.29 is 14.9 Å². The lowest BCUT2D eigenvalue weighted by atomic mass is 10.0. The summed E-state index contributed by atoms with van der Waals surface area (Å²) in [5.74, 6) is 0.289. The van der Waals surface area contributed by atoms with Crippen molar-refractivity contribution in [3.05, 3.63) is 47.9 Å². The predicted molar refractivity (Wildman–Crippen MR) is 144 cm³/mol. The molecule has 1 aromatic carbocycles. The van der Waals surface area contributed by atoms with E-state index < -0.39 is 24.4 Å². The highest BCUT2D eigenvalue weighted by Crippen LogP contribution is 2.28. The molecule has 2 aromatic rings. The van der Waals surface area contributed by atoms with Gasteiger partial charge in [0.1, 0.15) is 18.5 Å². The average molecular weight is 515 g/mol. The van der Waals surface area contributed by atoms with Gasteiger partial charge in [0.2, 0.25) is 0 Å². The van der Waals surface area contributed by atoms with Crippen LogP contribution in [0, 0.1) is 0 Å². The SMILES string of the molecule is CN(CCN1CCN(CCc2ccccc2)CC1)C[C@H]1O[C@@H](Cc2ncnc(N)c2NCN)[C@H](O)[C@@H]1O. The maximum atomic E-state index is 10.7. The van der Waals surface area contributed by atoms with Crippen LogP contribution >= 0.6 is 0 Å². The number of nitrogens with two attached hydrogens (primary N) is 2. The van der Waals surface area contributed by atoms with E-state index in [0.29, 0.717) is 24.3 Å². The topological polar surface area (TPSA) is 149 Å². The largest absolute Gasteiger partial charge is 0.388 e. The number of hydrogen-bond donors (Lipinski definition) is 5. The first kappa shape index (κ1) is 27.6. The van der Waals surface area contributed by atoms with Crippen LogP contribution in [0.25, 0.3) is 0 Å². The number of hydrogen-bond acceptors (Lipinski definition) is 11. The van der Waals surface area contributed by atoms with Crippen molar-refractivity contribution in [1.29, 1.82) is 0 Å². The highest BCUT2D eigenvalue weighted by Gasteiger charge is 2.43. The van der Waals surface area contributed by atoms with Crippen LogP contribution in [0.15, 0.2) is 36.7 Å². The molecule has 0 radical (unpaired) electrons. The summed E-state index contributed by atoms with van der Waals surface area (Å²) in [5, 5.41) is 24.3. The van der Waals surface area contributed by atoms with Crippen LogP contribution in [0.3, 0.4) is 0 Å². The molecule has 0 amide bonds. The summed E-state index contributed by atoms with van der Waals surface area (Å²) >= 11 is 0. The van der Waals surface area contributed by atoms with Gasteiger partial charge in [-0.25, -0.2) is 9.97 Å². The van der Waals surface area contributed by atoms with Crippen molar-refractivity contribution in [1.82, 2.24) is 24.7 Å². The molecule has 0 spiro atoms. The number of aromatic nitrogens is 2. The van der Waals surface area contributed by atoms with Crippen LogP contribution in [0.1, 0.15) is 11.3 Å². The molecule has 2 saturated heterocycles. The summed E-state index contributed by atoms with van der Waals surface area (Å²) in [6.07, 6.45) is -0.291. The Morgan fingerprint density at radius 1 is 1.03 bits per heavy atom. The molecular formula is C26H42N8O3. The lowest BCUT2D eigenvalue weighted by molar-refractivity contribution is -0.00838. The van der Waals surface area contributed by atoms with E-state index in [1.165, 1.54) is 11.9 Å². The standard InChI is InChI=1S/C26H42N8O3/c1-32(9-10-34-13-11-33(12-14-34)8-7-19-5-3-2-4-6-19)16-22-25(36)24(35)21(37-22)15-20-23(29-17-27)26(28)31-18-30-20/h2-6,18,21-22,24-25,29,35-36H,7-17,27H2,1H3,(H2,28,30,31)/t21-,22+,24-,25+/m0/s1. The smallest absolute Gasteiger partial charge is 0.150 e. The Labute approximate surface area is 219 Å². The fourth-order valence-electron chi connectivity index (χ4n) is 5.10. The van der Waals surface area contributed by atoms with E-state index >= 15 is 0 Å². The van der Waals surface area contributed by atoms with E-state index in [1.807, 2.05) is 7.05 Å². The van der Waals surface area contributed by atoms with Gasteiger partial charge in [-0.05, 0) is 19.0 Å². The van der Waals surface area contributed by atoms with Crippen LogP contribution in [-0.2, 0) is 17.6 Å². The molecule has 2 fully saturated rings. The second kappa shape index (κ2) is 13.4. The van der Waals surface area contributed by atoms with Crippen molar-refractivity contribution in [2.75, 3.05) is 77.1 Å². The monoisotopic (exact) mass is 514 g/mol. The van der Waals surface area contributed by atoms with Crippen molar-refractivity contribution in [3.8, 4) is 0 Å². The first-order chi connectivity index (χ1) is 17.9. The van der Waals surface area contributed by atoms with Gasteiger partial charge in [-0.2, -0.15) is 0 Å². The third-order valence-corrected chi connectivity index (χ3v) is 7.40. The molecule has 0 aliphatic carbocycles. The Bertz CT molecular complexity index is 960. The Hall–Kier alpha value is -2.38. The summed E-state index contributed by atoms with van der Waals surface area (Å²) in [5.41, 5.74) is 14.1. The zero-order chi connectivity index (χ0) is 26.2. The summed E-state index contributed by atoms with van der Waals surface area (Å²) in [6, 6.07) is 10.7. The van der Waals surface area contributed by atoms with Crippen LogP contribution in [-0.4, -0.2) is 125 Å². The van der Waals surface area contributed by atoms with E-state index in [-0.39, 0.29) is 12.5 Å². The molecule has 37 heavy (non-hydrogen) atoms. The molecule has 0 saturated carbocycles. The minimum atomic E-state index is -1.01. The Morgan fingerprint density at radius 3 is 2.41 bits per heavy atom. The summed E-state index contributed by atoms with van der Waals surface area (Å²) in [6.45, 7) is 7.94. The van der Waals surface area contributed by atoms with Crippen molar-refractivity contribution >= 4 is 11.5 Å². The van der Waals surface area contributed by atoms with Gasteiger partial charge in [-0.3, -0.25) is 4.90 Å². The maximum Gasteiger partial charge on any atom is 0.150 e. The van der Waals surface area contributed by atoms with Crippen LogP contribution in [0.2, 0.25) is 0 Å². The molecule has 0 bridgehead atoms. The highest BCUT2D eigenvalue weighted by atomic mass is 16.5. The maximum absolute atomic E-state index is 10.7. The number of ether oxygens (including phenoxy) is 1. The van der Waals surface area contributed by atoms with Crippen LogP contribution in [0.4, 0.5) is 11.5 Å². The van der Waals surface area contributed by atoms with Gasteiger partial charge >= 0.3 is 0 Å². The first-order valence-corrected chi connectivity index (χ1v) is 13.2. The summed E-state index contributed by atoms with van der Waals surface area (Å²) < 4.78 is 6.08. The number of nitrogens with one attached hydrogen (secondary N) is 1. The van der Waals surface area contributed by atoms with Crippen LogP contribution < -0.4 is 16.8 Å². The van der Waals surface area contributed by atoms with Gasteiger partial charge in [0.25, 0.3) is 0 Å².